The van der Waals surface area contributed by atoms with Gasteiger partial charge in [-0.15, -0.1) is 0 Å². The Morgan fingerprint density at radius 2 is 1.75 bits per heavy atom. The summed E-state index contributed by atoms with van der Waals surface area (Å²) in [6, 6.07) is 7.57. The standard InChI is InChI=1S/C18H21BClNO3/c1-11-8-12(20)9-13-14(6-7-15(16(11)13)21-10-22)19-23-17(2,3)18(4,5)24-19/h6-10H,1-5H3,(H,21,22). The van der Waals surface area contributed by atoms with Gasteiger partial charge in [0.1, 0.15) is 0 Å². The monoisotopic (exact) mass is 345 g/mol. The number of anilines is 1. The Morgan fingerprint density at radius 3 is 2.33 bits per heavy atom. The lowest BCUT2D eigenvalue weighted by Crippen LogP contribution is -2.41. The van der Waals surface area contributed by atoms with Crippen molar-refractivity contribution in [2.24, 2.45) is 0 Å². The molecule has 1 N–H and O–H groups in total. The van der Waals surface area contributed by atoms with E-state index in [2.05, 4.69) is 5.32 Å². The average Bonchev–Trinajstić information content (AvgIpc) is 2.67. The molecule has 3 rings (SSSR count). The third-order valence-corrected chi connectivity index (χ3v) is 5.25. The largest absolute Gasteiger partial charge is 0.495 e. The first kappa shape index (κ1) is 17.3. The van der Waals surface area contributed by atoms with Crippen molar-refractivity contribution < 1.29 is 14.1 Å². The maximum Gasteiger partial charge on any atom is 0.495 e. The van der Waals surface area contributed by atoms with E-state index in [1.807, 2.05) is 58.9 Å². The molecule has 0 spiro atoms. The van der Waals surface area contributed by atoms with Gasteiger partial charge in [-0.05, 0) is 69.2 Å². The first-order valence-electron chi connectivity index (χ1n) is 7.95. The number of carbonyl (C=O) groups excluding carboxylic acids is 1. The smallest absolute Gasteiger partial charge is 0.399 e. The Morgan fingerprint density at radius 1 is 1.12 bits per heavy atom. The van der Waals surface area contributed by atoms with E-state index in [4.69, 9.17) is 20.9 Å². The molecule has 0 aromatic heterocycles. The van der Waals surface area contributed by atoms with Gasteiger partial charge in [-0.25, -0.2) is 0 Å². The zero-order valence-electron chi connectivity index (χ0n) is 14.6. The molecule has 2 aromatic carbocycles. The zero-order chi connectivity index (χ0) is 17.7. The van der Waals surface area contributed by atoms with Gasteiger partial charge in [-0.3, -0.25) is 4.79 Å². The SMILES string of the molecule is Cc1cc(Cl)cc2c(B3OC(C)(C)C(C)(C)O3)ccc(NC=O)c12. The summed E-state index contributed by atoms with van der Waals surface area (Å²) in [4.78, 5) is 10.9. The molecule has 0 saturated carbocycles. The molecule has 0 radical (unpaired) electrons. The van der Waals surface area contributed by atoms with E-state index in [0.29, 0.717) is 11.4 Å². The number of rotatable bonds is 3. The summed E-state index contributed by atoms with van der Waals surface area (Å²) in [6.45, 7) is 10.1. The van der Waals surface area contributed by atoms with Gasteiger partial charge < -0.3 is 14.6 Å². The van der Waals surface area contributed by atoms with Crippen molar-refractivity contribution in [2.45, 2.75) is 45.8 Å². The molecular weight excluding hydrogens is 324 g/mol. The van der Waals surface area contributed by atoms with Crippen LogP contribution in [-0.2, 0) is 14.1 Å². The number of fused-ring (bicyclic) bond motifs is 1. The zero-order valence-corrected chi connectivity index (χ0v) is 15.3. The fourth-order valence-electron chi connectivity index (χ4n) is 3.03. The van der Waals surface area contributed by atoms with Crippen LogP contribution in [0.3, 0.4) is 0 Å². The van der Waals surface area contributed by atoms with Gasteiger partial charge in [-0.1, -0.05) is 17.7 Å². The normalized spacial score (nSPS) is 18.8. The molecule has 0 bridgehead atoms. The second-order valence-corrected chi connectivity index (χ2v) is 7.63. The molecule has 0 aliphatic carbocycles. The van der Waals surface area contributed by atoms with Crippen LogP contribution in [0, 0.1) is 6.92 Å². The molecule has 1 aliphatic heterocycles. The van der Waals surface area contributed by atoms with Crippen molar-refractivity contribution in [3.8, 4) is 0 Å². The van der Waals surface area contributed by atoms with Crippen molar-refractivity contribution in [3.05, 3.63) is 34.9 Å². The highest BCUT2D eigenvalue weighted by molar-refractivity contribution is 6.65. The maximum absolute atomic E-state index is 10.9. The highest BCUT2D eigenvalue weighted by Crippen LogP contribution is 2.38. The number of benzene rings is 2. The van der Waals surface area contributed by atoms with Crippen LogP contribution >= 0.6 is 11.6 Å². The molecule has 126 valence electrons. The predicted molar refractivity (Wildman–Crippen MR) is 99.1 cm³/mol. The molecule has 4 nitrogen and oxygen atoms in total. The summed E-state index contributed by atoms with van der Waals surface area (Å²) >= 11 is 6.27. The molecule has 2 aromatic rings. The maximum atomic E-state index is 10.9. The van der Waals surface area contributed by atoms with Gasteiger partial charge in [0, 0.05) is 16.1 Å². The number of carbonyl (C=O) groups is 1. The number of halogens is 1. The first-order chi connectivity index (χ1) is 11.2. The molecule has 0 unspecified atom stereocenters. The second-order valence-electron chi connectivity index (χ2n) is 7.20. The van der Waals surface area contributed by atoms with Gasteiger partial charge in [0.15, 0.2) is 0 Å². The molecule has 1 saturated heterocycles. The summed E-state index contributed by atoms with van der Waals surface area (Å²) in [7, 11) is -0.486. The topological polar surface area (TPSA) is 47.6 Å². The lowest BCUT2D eigenvalue weighted by atomic mass is 9.75. The van der Waals surface area contributed by atoms with Crippen LogP contribution < -0.4 is 10.8 Å². The Kier molecular flexibility index (Phi) is 4.15. The summed E-state index contributed by atoms with van der Waals surface area (Å²) in [5.41, 5.74) is 1.80. The van der Waals surface area contributed by atoms with E-state index in [0.717, 1.165) is 27.5 Å². The molecule has 6 heteroatoms. The minimum atomic E-state index is -0.486. The minimum absolute atomic E-state index is 0.419. The van der Waals surface area contributed by atoms with Gasteiger partial charge in [0.25, 0.3) is 0 Å². The fourth-order valence-corrected chi connectivity index (χ4v) is 3.31. The fraction of sp³-hybridized carbons (Fsp3) is 0.389. The van der Waals surface area contributed by atoms with E-state index < -0.39 is 18.3 Å². The summed E-state index contributed by atoms with van der Waals surface area (Å²) in [6.07, 6.45) is 0.678. The number of hydrogen-bond donors (Lipinski definition) is 1. The molecule has 0 atom stereocenters. The molecule has 24 heavy (non-hydrogen) atoms. The van der Waals surface area contributed by atoms with Crippen LogP contribution in [-0.4, -0.2) is 24.7 Å². The lowest BCUT2D eigenvalue weighted by Gasteiger charge is -2.32. The van der Waals surface area contributed by atoms with E-state index >= 15 is 0 Å². The molecule has 1 amide bonds. The molecule has 1 aliphatic rings. The van der Waals surface area contributed by atoms with Crippen LogP contribution in [0.5, 0.6) is 0 Å². The van der Waals surface area contributed by atoms with Crippen LogP contribution in [0.1, 0.15) is 33.3 Å². The van der Waals surface area contributed by atoms with Gasteiger partial charge in [0.05, 0.1) is 11.2 Å². The summed E-state index contributed by atoms with van der Waals surface area (Å²) < 4.78 is 12.4. The van der Waals surface area contributed by atoms with Crippen LogP contribution in [0.2, 0.25) is 5.02 Å². The summed E-state index contributed by atoms with van der Waals surface area (Å²) in [5.74, 6) is 0. The molecule has 1 fully saturated rings. The number of hydrogen-bond acceptors (Lipinski definition) is 3. The highest BCUT2D eigenvalue weighted by atomic mass is 35.5. The van der Waals surface area contributed by atoms with E-state index in [1.165, 1.54) is 0 Å². The number of aryl methyl sites for hydroxylation is 1. The Balaban J connectivity index is 2.20. The third kappa shape index (κ3) is 2.71. The Bertz CT molecular complexity index is 804. The van der Waals surface area contributed by atoms with Crippen molar-refractivity contribution in [2.75, 3.05) is 5.32 Å². The Hall–Kier alpha value is -1.56. The average molecular weight is 346 g/mol. The van der Waals surface area contributed by atoms with Crippen LogP contribution in [0.25, 0.3) is 10.8 Å². The van der Waals surface area contributed by atoms with Gasteiger partial charge in [-0.2, -0.15) is 0 Å². The number of nitrogens with one attached hydrogen (secondary N) is 1. The lowest BCUT2D eigenvalue weighted by molar-refractivity contribution is -0.105. The van der Waals surface area contributed by atoms with Crippen molar-refractivity contribution in [1.29, 1.82) is 0 Å². The van der Waals surface area contributed by atoms with E-state index in [1.54, 1.807) is 0 Å². The number of amides is 1. The van der Waals surface area contributed by atoms with Crippen molar-refractivity contribution in [3.63, 3.8) is 0 Å². The van der Waals surface area contributed by atoms with E-state index in [9.17, 15) is 4.79 Å². The molecule has 1 heterocycles. The quantitative estimate of drug-likeness (QED) is 0.682. The first-order valence-corrected chi connectivity index (χ1v) is 8.33. The second kappa shape index (κ2) is 5.76. The van der Waals surface area contributed by atoms with Gasteiger partial charge >= 0.3 is 7.12 Å². The van der Waals surface area contributed by atoms with Crippen LogP contribution in [0.4, 0.5) is 5.69 Å². The highest BCUT2D eigenvalue weighted by Gasteiger charge is 2.52. The summed E-state index contributed by atoms with van der Waals surface area (Å²) in [5, 5.41) is 5.26. The van der Waals surface area contributed by atoms with Crippen LogP contribution in [0.15, 0.2) is 24.3 Å². The van der Waals surface area contributed by atoms with Crippen molar-refractivity contribution >= 4 is 47.1 Å². The van der Waals surface area contributed by atoms with Gasteiger partial charge in [0.2, 0.25) is 6.41 Å². The third-order valence-electron chi connectivity index (χ3n) is 5.03. The molecular formula is C18H21BClNO3. The minimum Gasteiger partial charge on any atom is -0.399 e. The van der Waals surface area contributed by atoms with E-state index in [-0.39, 0.29) is 0 Å². The van der Waals surface area contributed by atoms with Crippen molar-refractivity contribution in [1.82, 2.24) is 0 Å². The Labute approximate surface area is 147 Å². The predicted octanol–water partition coefficient (Wildman–Crippen LogP) is 3.67.